The van der Waals surface area contributed by atoms with E-state index in [0.29, 0.717) is 6.42 Å². The molecule has 5 heteroatoms. The Morgan fingerprint density at radius 3 is 2.41 bits per heavy atom. The predicted molar refractivity (Wildman–Crippen MR) is 60.4 cm³/mol. The van der Waals surface area contributed by atoms with Crippen molar-refractivity contribution in [3.63, 3.8) is 0 Å². The summed E-state index contributed by atoms with van der Waals surface area (Å²) in [6, 6.07) is 0. The second-order valence-corrected chi connectivity index (χ2v) is 5.23. The lowest BCUT2D eigenvalue weighted by Crippen LogP contribution is -2.52. The van der Waals surface area contributed by atoms with Crippen molar-refractivity contribution in [3.05, 3.63) is 0 Å². The maximum absolute atomic E-state index is 9.97. The number of methoxy groups -OCH3 is 1. The van der Waals surface area contributed by atoms with Crippen LogP contribution in [0.4, 0.5) is 0 Å². The Bertz CT molecular complexity index is 291. The Morgan fingerprint density at radius 1 is 1.29 bits per heavy atom. The zero-order valence-corrected chi connectivity index (χ0v) is 11.1. The average molecular weight is 246 g/mol. The van der Waals surface area contributed by atoms with Crippen molar-refractivity contribution in [2.45, 2.75) is 70.1 Å². The lowest BCUT2D eigenvalue weighted by molar-refractivity contribution is -0.259. The van der Waals surface area contributed by atoms with Gasteiger partial charge in [-0.25, -0.2) is 0 Å². The van der Waals surface area contributed by atoms with Gasteiger partial charge in [0.15, 0.2) is 12.1 Å². The van der Waals surface area contributed by atoms with Crippen LogP contribution in [0.2, 0.25) is 0 Å². The summed E-state index contributed by atoms with van der Waals surface area (Å²) >= 11 is 0. The molecule has 0 saturated carbocycles. The van der Waals surface area contributed by atoms with Crippen molar-refractivity contribution in [2.75, 3.05) is 7.11 Å². The molecule has 5 atom stereocenters. The minimum absolute atomic E-state index is 0.287. The van der Waals surface area contributed by atoms with E-state index in [1.54, 1.807) is 14.0 Å². The van der Waals surface area contributed by atoms with Crippen LogP contribution < -0.4 is 0 Å². The van der Waals surface area contributed by atoms with E-state index < -0.39 is 23.8 Å². The smallest absolute Gasteiger partial charge is 0.190 e. The highest BCUT2D eigenvalue weighted by Gasteiger charge is 2.63. The van der Waals surface area contributed by atoms with E-state index in [1.165, 1.54) is 0 Å². The van der Waals surface area contributed by atoms with E-state index in [9.17, 15) is 5.11 Å². The van der Waals surface area contributed by atoms with E-state index in [4.69, 9.17) is 18.9 Å². The molecule has 2 aliphatic rings. The monoisotopic (exact) mass is 246 g/mol. The van der Waals surface area contributed by atoms with Crippen LogP contribution in [0.1, 0.15) is 34.1 Å². The fourth-order valence-corrected chi connectivity index (χ4v) is 2.86. The van der Waals surface area contributed by atoms with Crippen molar-refractivity contribution < 1.29 is 24.1 Å². The molecule has 0 aliphatic carbocycles. The zero-order valence-electron chi connectivity index (χ0n) is 11.1. The van der Waals surface area contributed by atoms with Gasteiger partial charge in [-0.2, -0.15) is 0 Å². The number of aliphatic hydroxyl groups is 1. The first-order valence-electron chi connectivity index (χ1n) is 6.10. The normalized spacial score (nSPS) is 45.9. The molecule has 17 heavy (non-hydrogen) atoms. The van der Waals surface area contributed by atoms with E-state index in [-0.39, 0.29) is 12.2 Å². The summed E-state index contributed by atoms with van der Waals surface area (Å²) in [7, 11) is 1.61. The second-order valence-electron chi connectivity index (χ2n) is 5.23. The maximum atomic E-state index is 9.97. The zero-order chi connectivity index (χ0) is 12.8. The van der Waals surface area contributed by atoms with Crippen LogP contribution in [0.25, 0.3) is 0 Å². The molecule has 0 aromatic rings. The van der Waals surface area contributed by atoms with E-state index in [0.717, 1.165) is 0 Å². The van der Waals surface area contributed by atoms with Gasteiger partial charge in [0, 0.05) is 7.11 Å². The predicted octanol–water partition coefficient (Wildman–Crippen LogP) is 1.04. The van der Waals surface area contributed by atoms with Crippen molar-refractivity contribution in [2.24, 2.45) is 0 Å². The lowest BCUT2D eigenvalue weighted by atomic mass is 9.87. The molecule has 1 N–H and O–H groups in total. The molecule has 0 bridgehead atoms. The molecule has 2 rings (SSSR count). The maximum Gasteiger partial charge on any atom is 0.190 e. The van der Waals surface area contributed by atoms with Crippen LogP contribution in [0, 0.1) is 0 Å². The summed E-state index contributed by atoms with van der Waals surface area (Å²) < 4.78 is 22.9. The number of ether oxygens (including phenoxy) is 4. The first-order chi connectivity index (χ1) is 7.86. The Hall–Kier alpha value is -0.200. The standard InChI is InChI=1S/C12H22O5/c1-6-12(7(2)13)9(14-5)8-10(17-12)16-11(3,4)15-8/h7-10,13H,6H2,1-5H3/t7-,8+,9+,10-,12-/m0/s1. The first kappa shape index (κ1) is 13.2. The van der Waals surface area contributed by atoms with Gasteiger partial charge in [0.25, 0.3) is 0 Å². The Morgan fingerprint density at radius 2 is 1.94 bits per heavy atom. The van der Waals surface area contributed by atoms with Gasteiger partial charge in [0.2, 0.25) is 0 Å². The van der Waals surface area contributed by atoms with Gasteiger partial charge in [0.05, 0.1) is 6.10 Å². The third-order valence-corrected chi connectivity index (χ3v) is 3.72. The Balaban J connectivity index is 2.26. The van der Waals surface area contributed by atoms with Gasteiger partial charge in [0.1, 0.15) is 17.8 Å². The van der Waals surface area contributed by atoms with Gasteiger partial charge < -0.3 is 24.1 Å². The summed E-state index contributed by atoms with van der Waals surface area (Å²) in [5.41, 5.74) is -0.749. The quantitative estimate of drug-likeness (QED) is 0.806. The van der Waals surface area contributed by atoms with Crippen LogP contribution in [-0.2, 0) is 18.9 Å². The fraction of sp³-hybridized carbons (Fsp3) is 1.00. The SMILES string of the molecule is CC[C@@]1([C@H](C)O)O[C@@H]2OC(C)(C)O[C@@H]2[C@H]1OC. The second kappa shape index (κ2) is 4.17. The van der Waals surface area contributed by atoms with Crippen LogP contribution in [0.3, 0.4) is 0 Å². The summed E-state index contributed by atoms with van der Waals surface area (Å²) in [6.45, 7) is 7.36. The third-order valence-electron chi connectivity index (χ3n) is 3.72. The Labute approximate surface area is 102 Å². The molecule has 100 valence electrons. The van der Waals surface area contributed by atoms with Gasteiger partial charge >= 0.3 is 0 Å². The van der Waals surface area contributed by atoms with Crippen LogP contribution in [-0.4, -0.2) is 48.2 Å². The molecule has 2 heterocycles. The highest BCUT2D eigenvalue weighted by Crippen LogP contribution is 2.46. The van der Waals surface area contributed by atoms with Crippen LogP contribution in [0.5, 0.6) is 0 Å². The van der Waals surface area contributed by atoms with Crippen LogP contribution >= 0.6 is 0 Å². The van der Waals surface area contributed by atoms with Gasteiger partial charge in [-0.05, 0) is 27.2 Å². The summed E-state index contributed by atoms with van der Waals surface area (Å²) in [4.78, 5) is 0. The molecule has 0 unspecified atom stereocenters. The highest BCUT2D eigenvalue weighted by molar-refractivity contribution is 5.06. The van der Waals surface area contributed by atoms with Gasteiger partial charge in [-0.15, -0.1) is 0 Å². The van der Waals surface area contributed by atoms with Crippen molar-refractivity contribution >= 4 is 0 Å². The molecule has 2 saturated heterocycles. The van der Waals surface area contributed by atoms with Crippen LogP contribution in [0.15, 0.2) is 0 Å². The van der Waals surface area contributed by atoms with E-state index in [1.807, 2.05) is 20.8 Å². The number of hydrogen-bond acceptors (Lipinski definition) is 5. The lowest BCUT2D eigenvalue weighted by Gasteiger charge is -2.37. The van der Waals surface area contributed by atoms with Gasteiger partial charge in [-0.3, -0.25) is 0 Å². The molecule has 0 aromatic heterocycles. The minimum Gasteiger partial charge on any atom is -0.390 e. The molecular weight excluding hydrogens is 224 g/mol. The summed E-state index contributed by atoms with van der Waals surface area (Å²) in [5.74, 6) is -0.662. The van der Waals surface area contributed by atoms with Crippen molar-refractivity contribution in [1.29, 1.82) is 0 Å². The summed E-state index contributed by atoms with van der Waals surface area (Å²) in [5, 5.41) is 9.97. The first-order valence-corrected chi connectivity index (χ1v) is 6.10. The number of fused-ring (bicyclic) bond motifs is 1. The summed E-state index contributed by atoms with van der Waals surface area (Å²) in [6.07, 6.45) is -1.07. The molecule has 5 nitrogen and oxygen atoms in total. The third kappa shape index (κ3) is 1.90. The number of rotatable bonds is 3. The van der Waals surface area contributed by atoms with E-state index in [2.05, 4.69) is 0 Å². The molecule has 0 spiro atoms. The molecule has 0 amide bonds. The molecule has 2 aliphatic heterocycles. The molecule has 0 aromatic carbocycles. The van der Waals surface area contributed by atoms with Gasteiger partial charge in [-0.1, -0.05) is 6.92 Å². The molecule has 0 radical (unpaired) electrons. The molecule has 2 fully saturated rings. The average Bonchev–Trinajstić information content (AvgIpc) is 2.66. The molecular formula is C12H22O5. The highest BCUT2D eigenvalue weighted by atomic mass is 16.8. The largest absolute Gasteiger partial charge is 0.390 e. The Kier molecular flexibility index (Phi) is 3.25. The van der Waals surface area contributed by atoms with Crippen molar-refractivity contribution in [3.8, 4) is 0 Å². The van der Waals surface area contributed by atoms with Crippen molar-refractivity contribution in [1.82, 2.24) is 0 Å². The number of aliphatic hydroxyl groups excluding tert-OH is 1. The fourth-order valence-electron chi connectivity index (χ4n) is 2.86. The van der Waals surface area contributed by atoms with E-state index >= 15 is 0 Å². The topological polar surface area (TPSA) is 57.2 Å². The number of hydrogen-bond donors (Lipinski definition) is 1. The minimum atomic E-state index is -0.749.